The number of hydrogen-bond donors (Lipinski definition) is 2. The van der Waals surface area contributed by atoms with Crippen molar-refractivity contribution < 1.29 is 4.74 Å². The Balaban J connectivity index is 2.06. The first-order chi connectivity index (χ1) is 9.13. The molecule has 1 aliphatic carbocycles. The average molecular weight is 327 g/mol. The number of ether oxygens (including phenoxy) is 1. The highest BCUT2D eigenvalue weighted by Crippen LogP contribution is 2.30. The van der Waals surface area contributed by atoms with Crippen LogP contribution in [0, 0.1) is 5.92 Å². The Morgan fingerprint density at radius 1 is 1.47 bits per heavy atom. The minimum absolute atomic E-state index is 0.220. The number of hydrogen-bond acceptors (Lipinski definition) is 3. The maximum Gasteiger partial charge on any atom is 0.133 e. The second kappa shape index (κ2) is 6.73. The van der Waals surface area contributed by atoms with Gasteiger partial charge in [0.05, 0.1) is 11.6 Å². The van der Waals surface area contributed by atoms with Gasteiger partial charge in [-0.25, -0.2) is 0 Å². The maximum absolute atomic E-state index is 5.93. The lowest BCUT2D eigenvalue weighted by atomic mass is 10.0. The van der Waals surface area contributed by atoms with E-state index < -0.39 is 0 Å². The second-order valence-electron chi connectivity index (χ2n) is 5.46. The van der Waals surface area contributed by atoms with Crippen molar-refractivity contribution in [2.24, 2.45) is 11.7 Å². The molecule has 1 saturated carbocycles. The normalized spacial score (nSPS) is 24.4. The molecule has 0 bridgehead atoms. The van der Waals surface area contributed by atoms with Crippen molar-refractivity contribution in [3.63, 3.8) is 0 Å². The summed E-state index contributed by atoms with van der Waals surface area (Å²) in [5.41, 5.74) is 7.15. The van der Waals surface area contributed by atoms with Gasteiger partial charge in [0.1, 0.15) is 5.75 Å². The molecule has 0 saturated heterocycles. The molecule has 0 aliphatic heterocycles. The molecule has 3 unspecified atom stereocenters. The van der Waals surface area contributed by atoms with Gasteiger partial charge in [-0.15, -0.1) is 0 Å². The molecule has 0 radical (unpaired) electrons. The molecule has 0 spiro atoms. The fraction of sp³-hybridized carbons (Fsp3) is 0.600. The summed E-state index contributed by atoms with van der Waals surface area (Å²) in [5.74, 6) is 1.69. The minimum Gasteiger partial charge on any atom is -0.496 e. The first-order valence-electron chi connectivity index (χ1n) is 6.93. The van der Waals surface area contributed by atoms with Crippen LogP contribution in [-0.4, -0.2) is 19.7 Å². The van der Waals surface area contributed by atoms with E-state index in [1.807, 2.05) is 6.07 Å². The van der Waals surface area contributed by atoms with Crippen molar-refractivity contribution in [2.75, 3.05) is 13.7 Å². The topological polar surface area (TPSA) is 47.3 Å². The Kier molecular flexibility index (Phi) is 5.25. The number of halogens is 1. The van der Waals surface area contributed by atoms with Gasteiger partial charge in [-0.1, -0.05) is 13.0 Å². The molecule has 2 rings (SSSR count). The van der Waals surface area contributed by atoms with Crippen LogP contribution in [0.4, 0.5) is 0 Å². The van der Waals surface area contributed by atoms with Crippen molar-refractivity contribution in [3.8, 4) is 5.75 Å². The fourth-order valence-corrected chi connectivity index (χ4v) is 3.40. The quantitative estimate of drug-likeness (QED) is 0.873. The third-order valence-electron chi connectivity index (χ3n) is 3.95. The molecule has 3 atom stereocenters. The molecule has 0 heterocycles. The highest BCUT2D eigenvalue weighted by molar-refractivity contribution is 9.10. The first-order valence-corrected chi connectivity index (χ1v) is 7.73. The van der Waals surface area contributed by atoms with Gasteiger partial charge >= 0.3 is 0 Å². The molecule has 1 aliphatic rings. The van der Waals surface area contributed by atoms with Gasteiger partial charge in [-0.05, 0) is 58.8 Å². The zero-order chi connectivity index (χ0) is 13.8. The van der Waals surface area contributed by atoms with Crippen LogP contribution >= 0.6 is 15.9 Å². The molecular weight excluding hydrogens is 304 g/mol. The lowest BCUT2D eigenvalue weighted by Crippen LogP contribution is -2.35. The highest BCUT2D eigenvalue weighted by Gasteiger charge is 2.24. The molecule has 19 heavy (non-hydrogen) atoms. The van der Waals surface area contributed by atoms with Gasteiger partial charge in [0.2, 0.25) is 0 Å². The summed E-state index contributed by atoms with van der Waals surface area (Å²) >= 11 is 3.53. The third-order valence-corrected chi connectivity index (χ3v) is 4.57. The standard InChI is InChI=1S/C15H23BrN2O/c1-10-3-5-12(7-10)18-14(9-17)11-4-6-15(19-2)13(16)8-11/h4,6,8,10,12,14,18H,3,5,7,9,17H2,1-2H3. The van der Waals surface area contributed by atoms with Crippen LogP contribution in [0.1, 0.15) is 37.8 Å². The van der Waals surface area contributed by atoms with Crippen molar-refractivity contribution in [3.05, 3.63) is 28.2 Å². The Morgan fingerprint density at radius 2 is 2.26 bits per heavy atom. The van der Waals surface area contributed by atoms with Gasteiger partial charge < -0.3 is 15.8 Å². The van der Waals surface area contributed by atoms with Gasteiger partial charge in [0, 0.05) is 18.6 Å². The van der Waals surface area contributed by atoms with E-state index >= 15 is 0 Å². The molecule has 0 aromatic heterocycles. The summed E-state index contributed by atoms with van der Waals surface area (Å²) in [7, 11) is 1.68. The largest absolute Gasteiger partial charge is 0.496 e. The van der Waals surface area contributed by atoms with E-state index in [0.29, 0.717) is 12.6 Å². The Hall–Kier alpha value is -0.580. The van der Waals surface area contributed by atoms with Gasteiger partial charge in [-0.2, -0.15) is 0 Å². The van der Waals surface area contributed by atoms with E-state index in [-0.39, 0.29) is 6.04 Å². The molecule has 1 aromatic carbocycles. The van der Waals surface area contributed by atoms with Crippen LogP contribution in [0.15, 0.2) is 22.7 Å². The van der Waals surface area contributed by atoms with E-state index in [2.05, 4.69) is 40.3 Å². The molecule has 3 N–H and O–H groups in total. The highest BCUT2D eigenvalue weighted by atomic mass is 79.9. The van der Waals surface area contributed by atoms with E-state index in [4.69, 9.17) is 10.5 Å². The Bertz CT molecular complexity index is 425. The Labute approximate surface area is 124 Å². The fourth-order valence-electron chi connectivity index (χ4n) is 2.84. The molecule has 0 amide bonds. The van der Waals surface area contributed by atoms with Crippen LogP contribution < -0.4 is 15.8 Å². The van der Waals surface area contributed by atoms with Crippen molar-refractivity contribution in [1.82, 2.24) is 5.32 Å². The number of benzene rings is 1. The lowest BCUT2D eigenvalue weighted by Gasteiger charge is -2.22. The van der Waals surface area contributed by atoms with Crippen LogP contribution in [0.3, 0.4) is 0 Å². The van der Waals surface area contributed by atoms with E-state index in [1.54, 1.807) is 7.11 Å². The van der Waals surface area contributed by atoms with Gasteiger partial charge in [-0.3, -0.25) is 0 Å². The number of methoxy groups -OCH3 is 1. The summed E-state index contributed by atoms with van der Waals surface area (Å²) in [4.78, 5) is 0. The summed E-state index contributed by atoms with van der Waals surface area (Å²) in [6.07, 6.45) is 3.84. The van der Waals surface area contributed by atoms with Crippen molar-refractivity contribution >= 4 is 15.9 Å². The maximum atomic E-state index is 5.93. The summed E-state index contributed by atoms with van der Waals surface area (Å²) < 4.78 is 6.24. The zero-order valence-corrected chi connectivity index (χ0v) is 13.2. The number of rotatable bonds is 5. The summed E-state index contributed by atoms with van der Waals surface area (Å²) in [6.45, 7) is 2.94. The van der Waals surface area contributed by atoms with Crippen LogP contribution in [-0.2, 0) is 0 Å². The summed E-state index contributed by atoms with van der Waals surface area (Å²) in [5, 5.41) is 3.69. The predicted octanol–water partition coefficient (Wildman–Crippen LogP) is 3.24. The Morgan fingerprint density at radius 3 is 2.79 bits per heavy atom. The van der Waals surface area contributed by atoms with Crippen molar-refractivity contribution in [1.29, 1.82) is 0 Å². The molecular formula is C15H23BrN2O. The predicted molar refractivity (Wildman–Crippen MR) is 82.4 cm³/mol. The summed E-state index contributed by atoms with van der Waals surface area (Å²) in [6, 6.07) is 7.00. The molecule has 1 aromatic rings. The van der Waals surface area contributed by atoms with Crippen molar-refractivity contribution in [2.45, 2.75) is 38.3 Å². The van der Waals surface area contributed by atoms with E-state index in [0.717, 1.165) is 16.1 Å². The van der Waals surface area contributed by atoms with E-state index in [9.17, 15) is 0 Å². The smallest absolute Gasteiger partial charge is 0.133 e. The molecule has 4 heteroatoms. The second-order valence-corrected chi connectivity index (χ2v) is 6.32. The number of nitrogens with one attached hydrogen (secondary N) is 1. The molecule has 106 valence electrons. The van der Waals surface area contributed by atoms with Crippen LogP contribution in [0.5, 0.6) is 5.75 Å². The first kappa shape index (κ1) is 14.8. The monoisotopic (exact) mass is 326 g/mol. The lowest BCUT2D eigenvalue weighted by molar-refractivity contribution is 0.410. The minimum atomic E-state index is 0.220. The number of nitrogens with two attached hydrogens (primary N) is 1. The SMILES string of the molecule is COc1ccc(C(CN)NC2CCC(C)C2)cc1Br. The average Bonchev–Trinajstić information content (AvgIpc) is 2.81. The zero-order valence-electron chi connectivity index (χ0n) is 11.7. The molecule has 1 fully saturated rings. The van der Waals surface area contributed by atoms with Crippen LogP contribution in [0.25, 0.3) is 0 Å². The molecule has 3 nitrogen and oxygen atoms in total. The van der Waals surface area contributed by atoms with Gasteiger partial charge in [0.15, 0.2) is 0 Å². The van der Waals surface area contributed by atoms with Gasteiger partial charge in [0.25, 0.3) is 0 Å². The third kappa shape index (κ3) is 3.71. The van der Waals surface area contributed by atoms with Crippen LogP contribution in [0.2, 0.25) is 0 Å². The van der Waals surface area contributed by atoms with E-state index in [1.165, 1.54) is 24.8 Å².